The molecule has 1 unspecified atom stereocenters. The van der Waals surface area contributed by atoms with Crippen LogP contribution in [0.25, 0.3) is 0 Å². The van der Waals surface area contributed by atoms with Gasteiger partial charge >= 0.3 is 0 Å². The van der Waals surface area contributed by atoms with E-state index < -0.39 is 31.3 Å². The summed E-state index contributed by atoms with van der Waals surface area (Å²) in [7, 11) is 0. The summed E-state index contributed by atoms with van der Waals surface area (Å²) >= 11 is 0. The first kappa shape index (κ1) is 20.1. The van der Waals surface area contributed by atoms with Crippen LogP contribution in [0.2, 0.25) is 0 Å². The lowest BCUT2D eigenvalue weighted by atomic mass is 9.73. The first-order valence-corrected chi connectivity index (χ1v) is 8.08. The van der Waals surface area contributed by atoms with E-state index in [1.165, 1.54) is 0 Å². The molecular formula is C19H32O4. The van der Waals surface area contributed by atoms with Gasteiger partial charge in [-0.3, -0.25) is 0 Å². The van der Waals surface area contributed by atoms with Crippen LogP contribution in [0.5, 0.6) is 0 Å². The Hall–Kier alpha value is -0.940. The summed E-state index contributed by atoms with van der Waals surface area (Å²) < 4.78 is 0. The van der Waals surface area contributed by atoms with Gasteiger partial charge in [0.1, 0.15) is 0 Å². The number of hydrogen-bond donors (Lipinski definition) is 4. The Labute approximate surface area is 139 Å². The molecule has 0 fully saturated rings. The average Bonchev–Trinajstić information content (AvgIpc) is 2.47. The second-order valence-corrected chi connectivity index (χ2v) is 8.54. The molecule has 0 amide bonds. The third-order valence-corrected chi connectivity index (χ3v) is 4.54. The molecule has 0 saturated carbocycles. The van der Waals surface area contributed by atoms with E-state index in [1.54, 1.807) is 0 Å². The molecule has 0 aromatic heterocycles. The maximum Gasteiger partial charge on any atom is 0.0915 e. The van der Waals surface area contributed by atoms with Gasteiger partial charge in [0, 0.05) is 0 Å². The van der Waals surface area contributed by atoms with E-state index in [-0.39, 0.29) is 10.8 Å². The molecule has 4 nitrogen and oxygen atoms in total. The maximum atomic E-state index is 10.9. The molecule has 1 rings (SSSR count). The summed E-state index contributed by atoms with van der Waals surface area (Å²) in [6, 6.07) is 5.98. The molecule has 0 bridgehead atoms. The van der Waals surface area contributed by atoms with Gasteiger partial charge in [-0.2, -0.15) is 0 Å². The maximum absolute atomic E-state index is 10.9. The number of aliphatic hydroxyl groups is 4. The second-order valence-electron chi connectivity index (χ2n) is 8.54. The normalized spacial score (nSPS) is 14.9. The molecule has 4 heteroatoms. The quantitative estimate of drug-likeness (QED) is 0.670. The van der Waals surface area contributed by atoms with Gasteiger partial charge in [0.25, 0.3) is 0 Å². The SMILES string of the molecule is CC(C)(C)c1ccc(C(C)(C)C)c(C(O)C(CO)(CO)CO)c1. The third kappa shape index (κ3) is 4.13. The highest BCUT2D eigenvalue weighted by atomic mass is 16.3. The highest BCUT2D eigenvalue weighted by Gasteiger charge is 2.40. The van der Waals surface area contributed by atoms with E-state index in [0.717, 1.165) is 11.1 Å². The van der Waals surface area contributed by atoms with Crippen LogP contribution in [0.1, 0.15) is 64.3 Å². The van der Waals surface area contributed by atoms with Crippen molar-refractivity contribution in [1.29, 1.82) is 0 Å². The Morgan fingerprint density at radius 2 is 1.30 bits per heavy atom. The fourth-order valence-corrected chi connectivity index (χ4v) is 2.68. The van der Waals surface area contributed by atoms with E-state index in [9.17, 15) is 20.4 Å². The molecule has 0 aliphatic carbocycles. The monoisotopic (exact) mass is 324 g/mol. The highest BCUT2D eigenvalue weighted by molar-refractivity contribution is 5.41. The van der Waals surface area contributed by atoms with Gasteiger partial charge in [-0.15, -0.1) is 0 Å². The number of aliphatic hydroxyl groups excluding tert-OH is 4. The Morgan fingerprint density at radius 1 is 0.826 bits per heavy atom. The van der Waals surface area contributed by atoms with E-state index >= 15 is 0 Å². The lowest BCUT2D eigenvalue weighted by Gasteiger charge is -2.37. The molecule has 0 saturated heterocycles. The topological polar surface area (TPSA) is 80.9 Å². The van der Waals surface area contributed by atoms with Crippen LogP contribution < -0.4 is 0 Å². The zero-order valence-corrected chi connectivity index (χ0v) is 15.2. The van der Waals surface area contributed by atoms with Crippen molar-refractivity contribution in [2.24, 2.45) is 5.41 Å². The van der Waals surface area contributed by atoms with E-state index in [4.69, 9.17) is 0 Å². The van der Waals surface area contributed by atoms with Crippen LogP contribution >= 0.6 is 0 Å². The lowest BCUT2D eigenvalue weighted by molar-refractivity contribution is -0.0857. The first-order chi connectivity index (χ1) is 10.4. The van der Waals surface area contributed by atoms with Gasteiger partial charge in [0.2, 0.25) is 0 Å². The first-order valence-electron chi connectivity index (χ1n) is 8.08. The Bertz CT molecular complexity index is 511. The van der Waals surface area contributed by atoms with Gasteiger partial charge in [0.15, 0.2) is 0 Å². The molecule has 0 heterocycles. The van der Waals surface area contributed by atoms with Crippen LogP contribution in [-0.4, -0.2) is 40.2 Å². The molecule has 0 aliphatic heterocycles. The van der Waals surface area contributed by atoms with Crippen LogP contribution in [0.4, 0.5) is 0 Å². The molecule has 1 aromatic carbocycles. The summed E-state index contributed by atoms with van der Waals surface area (Å²) in [5, 5.41) is 39.8. The number of rotatable bonds is 5. The fraction of sp³-hybridized carbons (Fsp3) is 0.684. The molecule has 0 spiro atoms. The molecule has 1 aromatic rings. The van der Waals surface area contributed by atoms with Crippen molar-refractivity contribution < 1.29 is 20.4 Å². The summed E-state index contributed by atoms with van der Waals surface area (Å²) in [4.78, 5) is 0. The smallest absolute Gasteiger partial charge is 0.0915 e. The Balaban J connectivity index is 3.58. The van der Waals surface area contributed by atoms with Crippen LogP contribution in [-0.2, 0) is 10.8 Å². The van der Waals surface area contributed by atoms with Crippen molar-refractivity contribution in [2.75, 3.05) is 19.8 Å². The molecular weight excluding hydrogens is 292 g/mol. The summed E-state index contributed by atoms with van der Waals surface area (Å²) in [5.74, 6) is 0. The van der Waals surface area contributed by atoms with Crippen LogP contribution in [0, 0.1) is 5.41 Å². The second kappa shape index (κ2) is 6.89. The van der Waals surface area contributed by atoms with Crippen molar-refractivity contribution in [3.63, 3.8) is 0 Å². The summed E-state index contributed by atoms with van der Waals surface area (Å²) in [6.07, 6.45) is -1.15. The minimum Gasteiger partial charge on any atom is -0.395 e. The van der Waals surface area contributed by atoms with Gasteiger partial charge < -0.3 is 20.4 Å². The predicted molar refractivity (Wildman–Crippen MR) is 92.5 cm³/mol. The van der Waals surface area contributed by atoms with E-state index in [2.05, 4.69) is 26.8 Å². The minimum absolute atomic E-state index is 0.0921. The number of benzene rings is 1. The summed E-state index contributed by atoms with van der Waals surface area (Å²) in [6.45, 7) is 10.9. The van der Waals surface area contributed by atoms with Crippen molar-refractivity contribution in [1.82, 2.24) is 0 Å². The number of hydrogen-bond acceptors (Lipinski definition) is 4. The van der Waals surface area contributed by atoms with Gasteiger partial charge in [-0.25, -0.2) is 0 Å². The lowest BCUT2D eigenvalue weighted by Crippen LogP contribution is -2.41. The average molecular weight is 324 g/mol. The van der Waals surface area contributed by atoms with E-state index in [0.29, 0.717) is 5.56 Å². The fourth-order valence-electron chi connectivity index (χ4n) is 2.68. The Kier molecular flexibility index (Phi) is 6.03. The Morgan fingerprint density at radius 3 is 1.65 bits per heavy atom. The van der Waals surface area contributed by atoms with Crippen molar-refractivity contribution in [2.45, 2.75) is 58.5 Å². The standard InChI is InChI=1S/C19H32O4/c1-17(2,3)13-7-8-15(18(4,5)6)14(9-13)16(23)19(10-20,11-21)12-22/h7-9,16,20-23H,10-12H2,1-6H3. The largest absolute Gasteiger partial charge is 0.395 e. The summed E-state index contributed by atoms with van der Waals surface area (Å²) in [5.41, 5.74) is 0.989. The van der Waals surface area contributed by atoms with Crippen LogP contribution in [0.3, 0.4) is 0 Å². The van der Waals surface area contributed by atoms with Crippen LogP contribution in [0.15, 0.2) is 18.2 Å². The predicted octanol–water partition coefficient (Wildman–Crippen LogP) is 2.28. The molecule has 4 N–H and O–H groups in total. The van der Waals surface area contributed by atoms with Crippen molar-refractivity contribution >= 4 is 0 Å². The third-order valence-electron chi connectivity index (χ3n) is 4.54. The van der Waals surface area contributed by atoms with Gasteiger partial charge in [-0.05, 0) is 27.5 Å². The van der Waals surface area contributed by atoms with Crippen molar-refractivity contribution in [3.8, 4) is 0 Å². The van der Waals surface area contributed by atoms with E-state index in [1.807, 2.05) is 32.9 Å². The minimum atomic E-state index is -1.36. The molecule has 0 aliphatic rings. The highest BCUT2D eigenvalue weighted by Crippen LogP contribution is 2.40. The van der Waals surface area contributed by atoms with Gasteiger partial charge in [-0.1, -0.05) is 59.7 Å². The molecule has 0 radical (unpaired) electrons. The molecule has 23 heavy (non-hydrogen) atoms. The van der Waals surface area contributed by atoms with Crippen molar-refractivity contribution in [3.05, 3.63) is 34.9 Å². The van der Waals surface area contributed by atoms with Gasteiger partial charge in [0.05, 0.1) is 31.3 Å². The molecule has 1 atom stereocenters. The zero-order chi connectivity index (χ0) is 18.1. The molecule has 132 valence electrons. The zero-order valence-electron chi connectivity index (χ0n) is 15.2.